The van der Waals surface area contributed by atoms with Gasteiger partial charge < -0.3 is 14.5 Å². The topological polar surface area (TPSA) is 54.7 Å². The van der Waals surface area contributed by atoms with Crippen LogP contribution in [0.25, 0.3) is 0 Å². The first-order chi connectivity index (χ1) is 11.8. The van der Waals surface area contributed by atoms with Crippen LogP contribution in [0.3, 0.4) is 0 Å². The minimum Gasteiger partial charge on any atom is -0.467 e. The highest BCUT2D eigenvalue weighted by molar-refractivity contribution is 7.09. The van der Waals surface area contributed by atoms with Gasteiger partial charge in [0.05, 0.1) is 31.4 Å². The molecule has 2 aromatic heterocycles. The lowest BCUT2D eigenvalue weighted by Gasteiger charge is -2.18. The van der Waals surface area contributed by atoms with Crippen LogP contribution in [0, 0.1) is 5.92 Å². The number of hydrogen-bond acceptors (Lipinski definition) is 5. The third kappa shape index (κ3) is 3.71. The van der Waals surface area contributed by atoms with Crippen LogP contribution in [0.1, 0.15) is 23.5 Å². The van der Waals surface area contributed by atoms with Crippen LogP contribution in [-0.4, -0.2) is 36.1 Å². The van der Waals surface area contributed by atoms with Crippen molar-refractivity contribution in [1.82, 2.24) is 10.2 Å². The van der Waals surface area contributed by atoms with E-state index in [4.69, 9.17) is 9.15 Å². The molecular formula is C18H22N2O3S. The van der Waals surface area contributed by atoms with Crippen molar-refractivity contribution in [3.63, 3.8) is 0 Å². The number of nitrogens with zero attached hydrogens (tertiary/aromatic N) is 1. The number of ether oxygens (including phenoxy) is 1. The second-order valence-electron chi connectivity index (χ2n) is 6.63. The number of likely N-dealkylation sites (tertiary alicyclic amines) is 1. The van der Waals surface area contributed by atoms with E-state index in [1.807, 2.05) is 23.5 Å². The van der Waals surface area contributed by atoms with Crippen molar-refractivity contribution in [2.24, 2.45) is 5.92 Å². The molecule has 0 bridgehead atoms. The molecule has 2 aromatic rings. The average molecular weight is 346 g/mol. The highest BCUT2D eigenvalue weighted by atomic mass is 32.1. The molecule has 4 rings (SSSR count). The van der Waals surface area contributed by atoms with Crippen LogP contribution in [0.2, 0.25) is 0 Å². The molecule has 24 heavy (non-hydrogen) atoms. The Morgan fingerprint density at radius 1 is 1.33 bits per heavy atom. The van der Waals surface area contributed by atoms with Crippen LogP contribution in [0.5, 0.6) is 0 Å². The van der Waals surface area contributed by atoms with E-state index in [1.165, 1.54) is 4.88 Å². The quantitative estimate of drug-likeness (QED) is 0.874. The van der Waals surface area contributed by atoms with Crippen LogP contribution >= 0.6 is 11.3 Å². The Kier molecular flexibility index (Phi) is 4.69. The molecule has 2 aliphatic rings. The van der Waals surface area contributed by atoms with E-state index in [0.717, 1.165) is 31.8 Å². The van der Waals surface area contributed by atoms with Crippen LogP contribution in [0.4, 0.5) is 0 Å². The predicted octanol–water partition coefficient (Wildman–Crippen LogP) is 2.64. The highest BCUT2D eigenvalue weighted by Gasteiger charge is 2.42. The molecule has 3 atom stereocenters. The van der Waals surface area contributed by atoms with E-state index in [9.17, 15) is 4.79 Å². The van der Waals surface area contributed by atoms with Gasteiger partial charge in [-0.3, -0.25) is 9.69 Å². The van der Waals surface area contributed by atoms with Gasteiger partial charge in [0, 0.05) is 30.4 Å². The third-order valence-corrected chi connectivity index (χ3v) is 5.66. The summed E-state index contributed by atoms with van der Waals surface area (Å²) >= 11 is 1.81. The SMILES string of the molecule is O=C(C[C@@H]1C[C@H]2CN(Cc3cccs3)C[C@H]2O1)NCc1ccco1. The Bertz CT molecular complexity index is 642. The number of amides is 1. The normalized spacial score (nSPS) is 26.6. The fourth-order valence-electron chi connectivity index (χ4n) is 3.71. The lowest BCUT2D eigenvalue weighted by atomic mass is 10.0. The summed E-state index contributed by atoms with van der Waals surface area (Å²) in [5, 5.41) is 5.02. The molecule has 4 heterocycles. The van der Waals surface area contributed by atoms with Crippen molar-refractivity contribution in [1.29, 1.82) is 0 Å². The Labute approximate surface area is 145 Å². The second-order valence-corrected chi connectivity index (χ2v) is 7.66. The summed E-state index contributed by atoms with van der Waals surface area (Å²) in [4.78, 5) is 15.9. The minimum atomic E-state index is 0.0341. The first-order valence-corrected chi connectivity index (χ1v) is 9.33. The number of fused-ring (bicyclic) bond motifs is 1. The molecule has 6 heteroatoms. The molecule has 2 fully saturated rings. The van der Waals surface area contributed by atoms with Crippen LogP contribution in [-0.2, 0) is 22.6 Å². The third-order valence-electron chi connectivity index (χ3n) is 4.80. The van der Waals surface area contributed by atoms with Gasteiger partial charge >= 0.3 is 0 Å². The maximum Gasteiger partial charge on any atom is 0.222 e. The van der Waals surface area contributed by atoms with Crippen molar-refractivity contribution in [3.05, 3.63) is 46.5 Å². The van der Waals surface area contributed by atoms with Crippen LogP contribution < -0.4 is 5.32 Å². The lowest BCUT2D eigenvalue weighted by Crippen LogP contribution is -2.29. The van der Waals surface area contributed by atoms with Gasteiger partial charge in [-0.25, -0.2) is 0 Å². The van der Waals surface area contributed by atoms with Gasteiger partial charge in [0.15, 0.2) is 0 Å². The molecule has 5 nitrogen and oxygen atoms in total. The second kappa shape index (κ2) is 7.09. The largest absolute Gasteiger partial charge is 0.467 e. The van der Waals surface area contributed by atoms with Gasteiger partial charge in [-0.15, -0.1) is 11.3 Å². The summed E-state index contributed by atoms with van der Waals surface area (Å²) in [6.07, 6.45) is 3.39. The fraction of sp³-hybridized carbons (Fsp3) is 0.500. The zero-order valence-electron chi connectivity index (χ0n) is 13.5. The standard InChI is InChI=1S/C18H22N2O3S/c21-18(19-9-14-3-1-5-22-14)8-15-7-13-10-20(12-17(13)23-15)11-16-4-2-6-24-16/h1-6,13,15,17H,7-12H2,(H,19,21)/t13-,15-,17+/m0/s1. The molecule has 0 saturated carbocycles. The van der Waals surface area contributed by atoms with Crippen LogP contribution in [0.15, 0.2) is 40.3 Å². The molecule has 2 saturated heterocycles. The molecule has 0 radical (unpaired) electrons. The Hall–Kier alpha value is -1.63. The molecule has 0 aromatic carbocycles. The average Bonchev–Trinajstić information content (AvgIpc) is 3.30. The van der Waals surface area contributed by atoms with E-state index < -0.39 is 0 Å². The predicted molar refractivity (Wildman–Crippen MR) is 91.5 cm³/mol. The van der Waals surface area contributed by atoms with Gasteiger partial charge in [0.25, 0.3) is 0 Å². The van der Waals surface area contributed by atoms with Crippen molar-refractivity contribution in [3.8, 4) is 0 Å². The smallest absolute Gasteiger partial charge is 0.222 e. The van der Waals surface area contributed by atoms with Crippen molar-refractivity contribution < 1.29 is 13.9 Å². The summed E-state index contributed by atoms with van der Waals surface area (Å²) in [5.41, 5.74) is 0. The number of furan rings is 1. The first-order valence-electron chi connectivity index (χ1n) is 8.45. The van der Waals surface area contributed by atoms with Crippen molar-refractivity contribution in [2.75, 3.05) is 13.1 Å². The Balaban J connectivity index is 1.20. The maximum atomic E-state index is 12.0. The Morgan fingerprint density at radius 3 is 3.04 bits per heavy atom. The summed E-state index contributed by atoms with van der Waals surface area (Å²) in [6, 6.07) is 7.97. The summed E-state index contributed by atoms with van der Waals surface area (Å²) < 4.78 is 11.3. The molecule has 0 spiro atoms. The van der Waals surface area contributed by atoms with Crippen molar-refractivity contribution in [2.45, 2.75) is 38.1 Å². The monoisotopic (exact) mass is 346 g/mol. The fourth-order valence-corrected chi connectivity index (χ4v) is 4.46. The number of carbonyl (C=O) groups is 1. The molecule has 0 aliphatic carbocycles. The summed E-state index contributed by atoms with van der Waals surface area (Å²) in [5.74, 6) is 1.37. The molecule has 2 aliphatic heterocycles. The van der Waals surface area contributed by atoms with Gasteiger partial charge in [0.1, 0.15) is 5.76 Å². The van der Waals surface area contributed by atoms with E-state index >= 15 is 0 Å². The maximum absolute atomic E-state index is 12.0. The molecule has 1 N–H and O–H groups in total. The van der Waals surface area contributed by atoms with Crippen molar-refractivity contribution >= 4 is 17.2 Å². The first kappa shape index (κ1) is 15.9. The lowest BCUT2D eigenvalue weighted by molar-refractivity contribution is -0.124. The van der Waals surface area contributed by atoms with E-state index in [2.05, 4.69) is 27.7 Å². The minimum absolute atomic E-state index is 0.0341. The van der Waals surface area contributed by atoms with E-state index in [-0.39, 0.29) is 18.1 Å². The molecular weight excluding hydrogens is 324 g/mol. The van der Waals surface area contributed by atoms with Gasteiger partial charge in [0.2, 0.25) is 5.91 Å². The van der Waals surface area contributed by atoms with Gasteiger partial charge in [-0.2, -0.15) is 0 Å². The summed E-state index contributed by atoms with van der Waals surface area (Å²) in [7, 11) is 0. The number of nitrogens with one attached hydrogen (secondary N) is 1. The number of thiophene rings is 1. The Morgan fingerprint density at radius 2 is 2.29 bits per heavy atom. The number of hydrogen-bond donors (Lipinski definition) is 1. The van der Waals surface area contributed by atoms with E-state index in [0.29, 0.717) is 18.9 Å². The summed E-state index contributed by atoms with van der Waals surface area (Å²) in [6.45, 7) is 3.52. The molecule has 128 valence electrons. The van der Waals surface area contributed by atoms with Gasteiger partial charge in [-0.1, -0.05) is 6.07 Å². The van der Waals surface area contributed by atoms with Gasteiger partial charge in [-0.05, 0) is 30.0 Å². The number of rotatable bonds is 6. The number of carbonyl (C=O) groups excluding carboxylic acids is 1. The highest BCUT2D eigenvalue weighted by Crippen LogP contribution is 2.35. The zero-order valence-corrected chi connectivity index (χ0v) is 14.3. The molecule has 0 unspecified atom stereocenters. The zero-order chi connectivity index (χ0) is 16.4. The van der Waals surface area contributed by atoms with E-state index in [1.54, 1.807) is 6.26 Å². The molecule has 1 amide bonds.